The fourth-order valence-electron chi connectivity index (χ4n) is 3.85. The average Bonchev–Trinajstić information content (AvgIpc) is 3.10. The van der Waals surface area contributed by atoms with E-state index in [1.54, 1.807) is 0 Å². The zero-order valence-corrected chi connectivity index (χ0v) is 23.7. The van der Waals surface area contributed by atoms with Crippen molar-refractivity contribution in [1.29, 1.82) is 0 Å². The van der Waals surface area contributed by atoms with Gasteiger partial charge >= 0.3 is 26.2 Å². The maximum absolute atomic E-state index is 2.39. The predicted molar refractivity (Wildman–Crippen MR) is 128 cm³/mol. The number of fused-ring (bicyclic) bond motifs is 1. The topological polar surface area (TPSA) is 0 Å². The molecule has 0 spiro atoms. The van der Waals surface area contributed by atoms with E-state index in [1.165, 1.54) is 44.2 Å². The largest absolute Gasteiger partial charge is 3.00 e. The van der Waals surface area contributed by atoms with E-state index < -0.39 is 0 Å². The molecule has 32 heavy (non-hydrogen) atoms. The number of hydrogen-bond donors (Lipinski definition) is 0. The van der Waals surface area contributed by atoms with Crippen LogP contribution < -0.4 is 24.8 Å². The van der Waals surface area contributed by atoms with Crippen LogP contribution in [-0.2, 0) is 37.0 Å². The van der Waals surface area contributed by atoms with Gasteiger partial charge in [0.15, 0.2) is 0 Å². The fraction of sp³-hybridized carbons (Fsp3) is 0.276. The van der Waals surface area contributed by atoms with Crippen molar-refractivity contribution in [2.24, 2.45) is 0 Å². The molecule has 165 valence electrons. The number of hydrogen-bond acceptors (Lipinski definition) is 0. The molecule has 0 heterocycles. The van der Waals surface area contributed by atoms with Gasteiger partial charge in [-0.05, 0) is 33.1 Å². The molecule has 0 aliphatic rings. The maximum Gasteiger partial charge on any atom is 3.00 e. The summed E-state index contributed by atoms with van der Waals surface area (Å²) in [5, 5.41) is 2.61. The van der Waals surface area contributed by atoms with Crippen LogP contribution in [0, 0.1) is 0 Å². The first-order valence-electron chi connectivity index (χ1n) is 10.5. The van der Waals surface area contributed by atoms with E-state index in [1.807, 2.05) is 0 Å². The monoisotopic (exact) mass is 539 g/mol. The molecule has 0 nitrogen and oxygen atoms in total. The van der Waals surface area contributed by atoms with Crippen molar-refractivity contribution in [3.63, 3.8) is 0 Å². The van der Waals surface area contributed by atoms with Crippen molar-refractivity contribution >= 4 is 10.8 Å². The van der Waals surface area contributed by atoms with Gasteiger partial charge < -0.3 is 24.8 Å². The van der Waals surface area contributed by atoms with Crippen molar-refractivity contribution in [2.75, 3.05) is 0 Å². The summed E-state index contributed by atoms with van der Waals surface area (Å²) in [6.45, 7) is 13.8. The van der Waals surface area contributed by atoms with E-state index in [-0.39, 0.29) is 61.8 Å². The normalized spacial score (nSPS) is 11.3. The van der Waals surface area contributed by atoms with Gasteiger partial charge in [0.25, 0.3) is 0 Å². The van der Waals surface area contributed by atoms with E-state index >= 15 is 0 Å². The van der Waals surface area contributed by atoms with Gasteiger partial charge in [-0.3, -0.25) is 0 Å². The minimum Gasteiger partial charge on any atom is -1.00 e. The van der Waals surface area contributed by atoms with E-state index in [0.29, 0.717) is 0 Å². The molecule has 0 fully saturated rings. The molecule has 3 heteroatoms. The first-order chi connectivity index (χ1) is 13.6. The Morgan fingerprint density at radius 1 is 0.562 bits per heavy atom. The molecule has 0 saturated carbocycles. The van der Waals surface area contributed by atoms with Crippen LogP contribution in [0.1, 0.15) is 52.7 Å². The smallest absolute Gasteiger partial charge is 1.00 e. The van der Waals surface area contributed by atoms with Crippen LogP contribution in [0.5, 0.6) is 0 Å². The van der Waals surface area contributed by atoms with E-state index in [4.69, 9.17) is 0 Å². The Labute approximate surface area is 225 Å². The molecule has 0 aliphatic heterocycles. The Balaban J connectivity index is 0.00000171. The molecule has 0 aromatic heterocycles. The van der Waals surface area contributed by atoms with Crippen LogP contribution in [0.15, 0.2) is 78.9 Å². The van der Waals surface area contributed by atoms with Gasteiger partial charge in [0.2, 0.25) is 0 Å². The van der Waals surface area contributed by atoms with Crippen LogP contribution in [0.25, 0.3) is 33.0 Å². The minimum absolute atomic E-state index is 0. The maximum atomic E-state index is 2.39. The Morgan fingerprint density at radius 2 is 1.12 bits per heavy atom. The van der Waals surface area contributed by atoms with Crippen molar-refractivity contribution in [3.05, 3.63) is 90.0 Å². The second kappa shape index (κ2) is 10.8. The summed E-state index contributed by atoms with van der Waals surface area (Å²) in [5.74, 6) is 0. The Hall–Kier alpha value is -1.27. The minimum atomic E-state index is 0. The average molecular weight is 542 g/mol. The second-order valence-electron chi connectivity index (χ2n) is 10.3. The van der Waals surface area contributed by atoms with Crippen LogP contribution in [-0.4, -0.2) is 0 Å². The molecule has 0 N–H and O–H groups in total. The van der Waals surface area contributed by atoms with Crippen molar-refractivity contribution in [2.45, 2.75) is 52.4 Å². The van der Waals surface area contributed by atoms with Gasteiger partial charge in [-0.2, -0.15) is 0 Å². The van der Waals surface area contributed by atoms with Crippen molar-refractivity contribution in [1.82, 2.24) is 0 Å². The summed E-state index contributed by atoms with van der Waals surface area (Å²) in [7, 11) is 0. The van der Waals surface area contributed by atoms with E-state index in [9.17, 15) is 0 Å². The number of benzene rings is 3. The third-order valence-electron chi connectivity index (χ3n) is 5.81. The Morgan fingerprint density at radius 3 is 1.66 bits per heavy atom. The van der Waals surface area contributed by atoms with Crippen molar-refractivity contribution < 1.29 is 51.0 Å². The van der Waals surface area contributed by atoms with Crippen LogP contribution in [0.2, 0.25) is 0 Å². The van der Waals surface area contributed by atoms with Gasteiger partial charge in [0, 0.05) is 0 Å². The number of rotatable bonds is 2. The van der Waals surface area contributed by atoms with Gasteiger partial charge in [-0.25, -0.2) is 0 Å². The quantitative estimate of drug-likeness (QED) is 0.342. The molecular formula is C29H31Cl2Zr. The summed E-state index contributed by atoms with van der Waals surface area (Å²) in [6.07, 6.45) is 0. The molecule has 4 rings (SSSR count). The molecule has 4 aromatic carbocycles. The third kappa shape index (κ3) is 6.19. The predicted octanol–water partition coefficient (Wildman–Crippen LogP) is 2.49. The molecular weight excluding hydrogens is 510 g/mol. The first-order valence-corrected chi connectivity index (χ1v) is 10.5. The summed E-state index contributed by atoms with van der Waals surface area (Å²) >= 11 is 0. The van der Waals surface area contributed by atoms with E-state index in [0.717, 1.165) is 0 Å². The molecule has 4 aromatic rings. The van der Waals surface area contributed by atoms with E-state index in [2.05, 4.69) is 120 Å². The van der Waals surface area contributed by atoms with Gasteiger partial charge in [0.05, 0.1) is 0 Å². The molecule has 1 radical (unpaired) electrons. The van der Waals surface area contributed by atoms with Crippen LogP contribution in [0.4, 0.5) is 0 Å². The molecule has 0 bridgehead atoms. The van der Waals surface area contributed by atoms with Gasteiger partial charge in [-0.15, -0.1) is 34.5 Å². The summed E-state index contributed by atoms with van der Waals surface area (Å²) in [4.78, 5) is 0. The second-order valence-corrected chi connectivity index (χ2v) is 10.3. The molecule has 0 unspecified atom stereocenters. The van der Waals surface area contributed by atoms with Crippen molar-refractivity contribution in [3.8, 4) is 22.3 Å². The standard InChI is InChI=1S/C29H31.2ClH.Zr/c1-28(2,3)26-17-25(18-27(19-26)29(4,5)6)24-15-22-13-12-21(14-23(22)16-24)20-10-8-7-9-11-20;;;/h7-19H,1-6H3;2*1H;/q-1;;;+3/p-2. The Bertz CT molecular complexity index is 1130. The Kier molecular flexibility index (Phi) is 9.68. The SMILES string of the molecule is CC(C)(C)c1cc(-c2cc3cc(-c4ccccc4)ccc3[cH-]2)cc(C(C)(C)C)c1.[Cl-].[Cl-].[Zr+3]. The number of halogens is 2. The summed E-state index contributed by atoms with van der Waals surface area (Å²) < 4.78 is 0. The van der Waals surface area contributed by atoms with Gasteiger partial charge in [0.1, 0.15) is 0 Å². The zero-order chi connectivity index (χ0) is 20.8. The molecule has 0 aliphatic carbocycles. The summed E-state index contributed by atoms with van der Waals surface area (Å²) in [6, 6.07) is 29.2. The molecule has 0 saturated heterocycles. The first kappa shape index (κ1) is 28.8. The zero-order valence-electron chi connectivity index (χ0n) is 19.8. The van der Waals surface area contributed by atoms with Crippen LogP contribution in [0.3, 0.4) is 0 Å². The molecule has 0 amide bonds. The van der Waals surface area contributed by atoms with Crippen LogP contribution >= 0.6 is 0 Å². The molecule has 0 atom stereocenters. The summed E-state index contributed by atoms with van der Waals surface area (Å²) in [5.41, 5.74) is 8.22. The van der Waals surface area contributed by atoms with Gasteiger partial charge in [-0.1, -0.05) is 108 Å². The fourth-order valence-corrected chi connectivity index (χ4v) is 3.85. The third-order valence-corrected chi connectivity index (χ3v) is 5.81.